The van der Waals surface area contributed by atoms with Gasteiger partial charge < -0.3 is 59.1 Å². The van der Waals surface area contributed by atoms with E-state index in [2.05, 4.69) is 0 Å². The molecule has 3 aliphatic rings. The van der Waals surface area contributed by atoms with Crippen molar-refractivity contribution in [1.29, 1.82) is 0 Å². The molecule has 0 bridgehead atoms. The molecule has 3 heterocycles. The van der Waals surface area contributed by atoms with Gasteiger partial charge in [-0.05, 0) is 81.2 Å². The Hall–Kier alpha value is -1.08. The molecule has 0 unspecified atom stereocenters. The number of likely N-dealkylation sites (N-methyl/N-ethyl adjacent to an activating group) is 1. The van der Waals surface area contributed by atoms with E-state index in [-0.39, 0.29) is 37.5 Å². The first-order valence-corrected chi connectivity index (χ1v) is 19.2. The molecule has 0 amide bonds. The van der Waals surface area contributed by atoms with Crippen LogP contribution in [0, 0.1) is 17.8 Å². The number of ether oxygens (including phenoxy) is 6. The van der Waals surface area contributed by atoms with Crippen LogP contribution in [0.5, 0.6) is 0 Å². The molecule has 53 heavy (non-hydrogen) atoms. The molecule has 18 atom stereocenters. The molecule has 0 aromatic heterocycles. The summed E-state index contributed by atoms with van der Waals surface area (Å²) in [5, 5.41) is 69.2. The van der Waals surface area contributed by atoms with Crippen molar-refractivity contribution < 1.29 is 68.2 Å². The average Bonchev–Trinajstić information content (AvgIpc) is 3.08. The van der Waals surface area contributed by atoms with E-state index in [1.807, 2.05) is 32.7 Å². The van der Waals surface area contributed by atoms with Gasteiger partial charge >= 0.3 is 5.97 Å². The molecule has 3 fully saturated rings. The molecule has 312 valence electrons. The van der Waals surface area contributed by atoms with E-state index in [1.165, 1.54) is 34.8 Å². The minimum Gasteiger partial charge on any atom is -0.459 e. The third kappa shape index (κ3) is 10.7. The number of cyclic esters (lactones) is 1. The lowest BCUT2D eigenvalue weighted by molar-refractivity contribution is -0.309. The predicted octanol–water partition coefficient (Wildman–Crippen LogP) is 2.06. The smallest absolute Gasteiger partial charge is 0.311 e. The highest BCUT2D eigenvalue weighted by Gasteiger charge is 2.52. The van der Waals surface area contributed by atoms with Crippen LogP contribution in [-0.2, 0) is 33.2 Å². The number of aliphatic hydroxyl groups excluding tert-OH is 4. The van der Waals surface area contributed by atoms with Crippen LogP contribution in [-0.4, -0.2) is 159 Å². The van der Waals surface area contributed by atoms with Crippen molar-refractivity contribution in [1.82, 2.24) is 4.90 Å². The Kier molecular flexibility index (Phi) is 16.1. The van der Waals surface area contributed by atoms with Gasteiger partial charge in [-0.1, -0.05) is 13.8 Å². The molecule has 0 aromatic rings. The first-order chi connectivity index (χ1) is 24.4. The average molecular weight is 768 g/mol. The molecule has 0 aliphatic carbocycles. The van der Waals surface area contributed by atoms with Crippen molar-refractivity contribution in [2.45, 2.75) is 198 Å². The maximum atomic E-state index is 14.0. The van der Waals surface area contributed by atoms with Gasteiger partial charge in [0.1, 0.15) is 23.9 Å². The molecule has 3 saturated heterocycles. The maximum Gasteiger partial charge on any atom is 0.311 e. The van der Waals surface area contributed by atoms with Crippen LogP contribution < -0.4 is 0 Å². The molecule has 6 N–H and O–H groups in total. The number of halogens is 1. The zero-order chi connectivity index (χ0) is 40.4. The van der Waals surface area contributed by atoms with Crippen LogP contribution in [0.25, 0.3) is 0 Å². The van der Waals surface area contributed by atoms with E-state index in [9.17, 15) is 39.8 Å². The molecular weight excluding hydrogens is 697 g/mol. The Bertz CT molecular complexity index is 1160. The Morgan fingerprint density at radius 1 is 0.925 bits per heavy atom. The van der Waals surface area contributed by atoms with Crippen molar-refractivity contribution in [3.63, 3.8) is 0 Å². The van der Waals surface area contributed by atoms with Crippen LogP contribution in [0.4, 0.5) is 4.39 Å². The van der Waals surface area contributed by atoms with Crippen LogP contribution in [0.2, 0.25) is 0 Å². The van der Waals surface area contributed by atoms with Gasteiger partial charge in [-0.3, -0.25) is 14.1 Å². The van der Waals surface area contributed by atoms with Gasteiger partial charge in [0.25, 0.3) is 0 Å². The fourth-order valence-electron chi connectivity index (χ4n) is 8.22. The quantitative estimate of drug-likeness (QED) is 0.187. The number of esters is 1. The van der Waals surface area contributed by atoms with Gasteiger partial charge in [-0.25, -0.2) is 0 Å². The summed E-state index contributed by atoms with van der Waals surface area (Å²) in [6, 6.07) is -0.245. The molecule has 3 rings (SSSR count). The number of alkyl halides is 1. The largest absolute Gasteiger partial charge is 0.459 e. The van der Waals surface area contributed by atoms with Crippen molar-refractivity contribution in [2.75, 3.05) is 20.8 Å². The SMILES string of the molecule is CO[C@]1(C)C[C@H](O[C@H]2C[C@@H](O[C@@H]3O[C@H](C)C[C@H](N(C)C(C)C)[C@H]3O)[C@](C)(O)C[C@@H](C)[C@H](O)[C@H](C)[C@@H](O)[C@](C)(O)[C@@H](CCF)OC(=O)[C@@H]2C)O[C@@H](C)[C@@H]1O. The van der Waals surface area contributed by atoms with Gasteiger partial charge in [0, 0.05) is 44.4 Å². The van der Waals surface area contributed by atoms with Crippen LogP contribution in [0.1, 0.15) is 101 Å². The van der Waals surface area contributed by atoms with Gasteiger partial charge in [0.05, 0.1) is 60.4 Å². The number of hydrogen-bond donors (Lipinski definition) is 6. The second-order valence-corrected chi connectivity index (χ2v) is 17.1. The van der Waals surface area contributed by atoms with E-state index in [4.69, 9.17) is 28.4 Å². The van der Waals surface area contributed by atoms with Crippen molar-refractivity contribution in [2.24, 2.45) is 17.8 Å². The number of nitrogens with zero attached hydrogens (tertiary/aromatic N) is 1. The number of methoxy groups -OCH3 is 1. The summed E-state index contributed by atoms with van der Waals surface area (Å²) in [6.45, 7) is 15.8. The normalized spacial score (nSPS) is 48.4. The first kappa shape index (κ1) is 46.3. The fourth-order valence-corrected chi connectivity index (χ4v) is 8.22. The Morgan fingerprint density at radius 3 is 2.11 bits per heavy atom. The number of rotatable bonds is 9. The van der Waals surface area contributed by atoms with Gasteiger partial charge in [0.2, 0.25) is 0 Å². The third-order valence-corrected chi connectivity index (χ3v) is 12.4. The second-order valence-electron chi connectivity index (χ2n) is 17.1. The van der Waals surface area contributed by atoms with Crippen molar-refractivity contribution in [3.05, 3.63) is 0 Å². The van der Waals surface area contributed by atoms with E-state index in [0.717, 1.165) is 0 Å². The Morgan fingerprint density at radius 2 is 1.55 bits per heavy atom. The summed E-state index contributed by atoms with van der Waals surface area (Å²) in [6.07, 6.45) is -12.3. The van der Waals surface area contributed by atoms with Gasteiger partial charge in [-0.2, -0.15) is 0 Å². The minimum absolute atomic E-state index is 0.0624. The molecule has 3 aliphatic heterocycles. The zero-order valence-electron chi connectivity index (χ0n) is 33.8. The summed E-state index contributed by atoms with van der Waals surface area (Å²) >= 11 is 0. The Balaban J connectivity index is 2.14. The predicted molar refractivity (Wildman–Crippen MR) is 192 cm³/mol. The van der Waals surface area contributed by atoms with Crippen LogP contribution in [0.3, 0.4) is 0 Å². The first-order valence-electron chi connectivity index (χ1n) is 19.2. The van der Waals surface area contributed by atoms with Crippen LogP contribution >= 0.6 is 0 Å². The minimum atomic E-state index is -2.17. The summed E-state index contributed by atoms with van der Waals surface area (Å²) in [5.74, 6) is -3.73. The van der Waals surface area contributed by atoms with Crippen molar-refractivity contribution in [3.8, 4) is 0 Å². The highest BCUT2D eigenvalue weighted by atomic mass is 19.1. The molecule has 0 aromatic carbocycles. The molecule has 0 radical (unpaired) electrons. The highest BCUT2D eigenvalue weighted by Crippen LogP contribution is 2.39. The fraction of sp³-hybridized carbons (Fsp3) is 0.974. The lowest BCUT2D eigenvalue weighted by atomic mass is 9.75. The number of carbonyl (C=O) groups is 1. The lowest BCUT2D eigenvalue weighted by Gasteiger charge is -2.48. The summed E-state index contributed by atoms with van der Waals surface area (Å²) in [7, 11) is 3.37. The van der Waals surface area contributed by atoms with Crippen molar-refractivity contribution >= 4 is 5.97 Å². The summed E-state index contributed by atoms with van der Waals surface area (Å²) in [4.78, 5) is 16.0. The number of carbonyl (C=O) groups excluding carboxylic acids is 1. The van der Waals surface area contributed by atoms with Gasteiger partial charge in [-0.15, -0.1) is 0 Å². The molecule has 14 nitrogen and oxygen atoms in total. The molecule has 15 heteroatoms. The zero-order valence-corrected chi connectivity index (χ0v) is 33.8. The monoisotopic (exact) mass is 767 g/mol. The standard InChI is InChI=1S/C38H70FNO13/c1-19(2)40(11)25-15-21(4)49-35(31(25)42)53-28-16-26(51-29-18-37(9,48-12)33(44)24(7)50-29)22(5)34(45)52-27(13-14-39)38(10,47)32(43)23(6)30(41)20(3)17-36(28,8)46/h19-33,35,41-44,46-47H,13-18H2,1-12H3/t20-,21-,22-,23+,24+,25+,26+,27-,28-,29+,30+,31-,32-,33+,35+,36-,37-,38-/m1/s1. The highest BCUT2D eigenvalue weighted by molar-refractivity contribution is 5.73. The molecular formula is C38H70FNO13. The van der Waals surface area contributed by atoms with E-state index in [0.29, 0.717) is 6.42 Å². The van der Waals surface area contributed by atoms with E-state index < -0.39 is 115 Å². The topological polar surface area (TPSA) is 197 Å². The maximum absolute atomic E-state index is 14.0. The Labute approximate surface area is 315 Å². The second kappa shape index (κ2) is 18.5. The summed E-state index contributed by atoms with van der Waals surface area (Å²) in [5.41, 5.74) is -5.01. The lowest BCUT2D eigenvalue weighted by Crippen LogP contribution is -2.60. The van der Waals surface area contributed by atoms with E-state index in [1.54, 1.807) is 20.8 Å². The van der Waals surface area contributed by atoms with E-state index >= 15 is 0 Å². The molecule has 0 spiro atoms. The number of hydrogen-bond acceptors (Lipinski definition) is 14. The third-order valence-electron chi connectivity index (χ3n) is 12.4. The number of aliphatic hydroxyl groups is 6. The molecule has 0 saturated carbocycles. The summed E-state index contributed by atoms with van der Waals surface area (Å²) < 4.78 is 50.6. The van der Waals surface area contributed by atoms with Gasteiger partial charge in [0.15, 0.2) is 12.6 Å². The van der Waals surface area contributed by atoms with Crippen LogP contribution in [0.15, 0.2) is 0 Å².